The summed E-state index contributed by atoms with van der Waals surface area (Å²) in [7, 11) is 1.39. The van der Waals surface area contributed by atoms with E-state index < -0.39 is 11.8 Å². The summed E-state index contributed by atoms with van der Waals surface area (Å²) in [6, 6.07) is 4.52. The monoisotopic (exact) mass is 264 g/mol. The fourth-order valence-electron chi connectivity index (χ4n) is 1.81. The zero-order valence-corrected chi connectivity index (χ0v) is 10.3. The molecule has 0 spiro atoms. The molecule has 19 heavy (non-hydrogen) atoms. The first-order valence-corrected chi connectivity index (χ1v) is 5.69. The Labute approximate surface area is 109 Å². The molecule has 100 valence electrons. The standard InChI is InChI=1S/C13H13FN2O3/c1-19-11-4-2-8(6-9(11)14)13-10(15-7-16-13)3-5-12(17)18/h2,4,6-7H,3,5H2,1H3,(H,15,16)(H,17,18). The van der Waals surface area contributed by atoms with Gasteiger partial charge in [0, 0.05) is 17.7 Å². The van der Waals surface area contributed by atoms with E-state index >= 15 is 0 Å². The maximum Gasteiger partial charge on any atom is 0.303 e. The molecule has 0 unspecified atom stereocenters. The molecule has 0 radical (unpaired) electrons. The summed E-state index contributed by atoms with van der Waals surface area (Å²) in [5.74, 6) is -1.21. The van der Waals surface area contributed by atoms with Crippen LogP contribution in [0.2, 0.25) is 0 Å². The number of rotatable bonds is 5. The van der Waals surface area contributed by atoms with Crippen molar-refractivity contribution in [2.24, 2.45) is 0 Å². The van der Waals surface area contributed by atoms with Gasteiger partial charge in [-0.1, -0.05) is 0 Å². The average Bonchev–Trinajstić information content (AvgIpc) is 2.84. The Kier molecular flexibility index (Phi) is 3.79. The van der Waals surface area contributed by atoms with Crippen molar-refractivity contribution in [3.63, 3.8) is 0 Å². The Balaban J connectivity index is 2.29. The van der Waals surface area contributed by atoms with Crippen LogP contribution in [0.25, 0.3) is 11.3 Å². The highest BCUT2D eigenvalue weighted by Crippen LogP contribution is 2.26. The second-order valence-electron chi connectivity index (χ2n) is 3.97. The zero-order valence-electron chi connectivity index (χ0n) is 10.3. The van der Waals surface area contributed by atoms with E-state index in [-0.39, 0.29) is 12.2 Å². The van der Waals surface area contributed by atoms with Crippen molar-refractivity contribution in [2.75, 3.05) is 7.11 Å². The molecule has 1 aromatic heterocycles. The van der Waals surface area contributed by atoms with E-state index in [1.54, 1.807) is 6.07 Å². The highest BCUT2D eigenvalue weighted by molar-refractivity contribution is 5.68. The molecule has 0 amide bonds. The number of aryl methyl sites for hydroxylation is 1. The minimum Gasteiger partial charge on any atom is -0.494 e. The van der Waals surface area contributed by atoms with Crippen LogP contribution in [0.15, 0.2) is 24.5 Å². The molecule has 2 aromatic rings. The number of H-pyrrole nitrogens is 1. The largest absolute Gasteiger partial charge is 0.494 e. The molecule has 5 nitrogen and oxygen atoms in total. The predicted octanol–water partition coefficient (Wildman–Crippen LogP) is 2.24. The SMILES string of the molecule is COc1ccc(-c2nc[nH]c2CCC(=O)O)cc1F. The van der Waals surface area contributed by atoms with Crippen molar-refractivity contribution in [1.82, 2.24) is 9.97 Å². The first-order chi connectivity index (χ1) is 9.11. The minimum atomic E-state index is -0.888. The Morgan fingerprint density at radius 3 is 2.95 bits per heavy atom. The first-order valence-electron chi connectivity index (χ1n) is 5.69. The van der Waals surface area contributed by atoms with Crippen LogP contribution in [0.5, 0.6) is 5.75 Å². The third-order valence-electron chi connectivity index (χ3n) is 2.73. The number of aromatic amines is 1. The first kappa shape index (κ1) is 13.1. The number of aromatic nitrogens is 2. The lowest BCUT2D eigenvalue weighted by molar-refractivity contribution is -0.136. The summed E-state index contributed by atoms with van der Waals surface area (Å²) in [6.07, 6.45) is 1.78. The van der Waals surface area contributed by atoms with E-state index in [0.717, 1.165) is 0 Å². The number of imidazole rings is 1. The van der Waals surface area contributed by atoms with E-state index in [2.05, 4.69) is 9.97 Å². The van der Waals surface area contributed by atoms with Gasteiger partial charge in [0.2, 0.25) is 0 Å². The number of halogens is 1. The fourth-order valence-corrected chi connectivity index (χ4v) is 1.81. The molecule has 2 N–H and O–H groups in total. The topological polar surface area (TPSA) is 75.2 Å². The van der Waals surface area contributed by atoms with Crippen molar-refractivity contribution < 1.29 is 19.0 Å². The van der Waals surface area contributed by atoms with Gasteiger partial charge in [0.05, 0.1) is 25.6 Å². The van der Waals surface area contributed by atoms with E-state index in [1.807, 2.05) is 0 Å². The van der Waals surface area contributed by atoms with Gasteiger partial charge in [-0.15, -0.1) is 0 Å². The third kappa shape index (κ3) is 2.90. The highest BCUT2D eigenvalue weighted by atomic mass is 19.1. The molecule has 0 aliphatic heterocycles. The van der Waals surface area contributed by atoms with Crippen LogP contribution < -0.4 is 4.74 Å². The smallest absolute Gasteiger partial charge is 0.303 e. The summed E-state index contributed by atoms with van der Waals surface area (Å²) in [6.45, 7) is 0. The Morgan fingerprint density at radius 1 is 1.53 bits per heavy atom. The van der Waals surface area contributed by atoms with Gasteiger partial charge in [0.25, 0.3) is 0 Å². The summed E-state index contributed by atoms with van der Waals surface area (Å²) in [4.78, 5) is 17.6. The van der Waals surface area contributed by atoms with Crippen LogP contribution in [0, 0.1) is 5.82 Å². The number of carboxylic acid groups (broad SMARTS) is 1. The van der Waals surface area contributed by atoms with Gasteiger partial charge in [-0.25, -0.2) is 9.37 Å². The molecule has 0 atom stereocenters. The van der Waals surface area contributed by atoms with Crippen LogP contribution in [0.1, 0.15) is 12.1 Å². The zero-order chi connectivity index (χ0) is 13.8. The van der Waals surface area contributed by atoms with Crippen molar-refractivity contribution in [1.29, 1.82) is 0 Å². The van der Waals surface area contributed by atoms with E-state index in [9.17, 15) is 9.18 Å². The second-order valence-corrected chi connectivity index (χ2v) is 3.97. The minimum absolute atomic E-state index is 0.00612. The average molecular weight is 264 g/mol. The van der Waals surface area contributed by atoms with Crippen molar-refractivity contribution in [3.05, 3.63) is 36.0 Å². The van der Waals surface area contributed by atoms with Crippen LogP contribution in [0.3, 0.4) is 0 Å². The van der Waals surface area contributed by atoms with Gasteiger partial charge in [-0.05, 0) is 18.2 Å². The van der Waals surface area contributed by atoms with Gasteiger partial charge in [0.15, 0.2) is 11.6 Å². The summed E-state index contributed by atoms with van der Waals surface area (Å²) < 4.78 is 18.5. The molecular formula is C13H13FN2O3. The molecule has 6 heteroatoms. The Morgan fingerprint density at radius 2 is 2.32 bits per heavy atom. The van der Waals surface area contributed by atoms with Gasteiger partial charge in [-0.2, -0.15) is 0 Å². The van der Waals surface area contributed by atoms with Crippen LogP contribution >= 0.6 is 0 Å². The summed E-state index contributed by atoms with van der Waals surface area (Å²) >= 11 is 0. The number of hydrogen-bond acceptors (Lipinski definition) is 3. The van der Waals surface area contributed by atoms with Gasteiger partial charge < -0.3 is 14.8 Å². The number of hydrogen-bond donors (Lipinski definition) is 2. The number of nitrogens with zero attached hydrogens (tertiary/aromatic N) is 1. The molecule has 2 rings (SSSR count). The highest BCUT2D eigenvalue weighted by Gasteiger charge is 2.12. The Hall–Kier alpha value is -2.37. The number of methoxy groups -OCH3 is 1. The van der Waals surface area contributed by atoms with Crippen LogP contribution in [-0.4, -0.2) is 28.2 Å². The summed E-state index contributed by atoms with van der Waals surface area (Å²) in [5.41, 5.74) is 1.81. The lowest BCUT2D eigenvalue weighted by atomic mass is 10.1. The lowest BCUT2D eigenvalue weighted by Crippen LogP contribution is -1.99. The molecule has 1 aromatic carbocycles. The second kappa shape index (κ2) is 5.51. The van der Waals surface area contributed by atoms with E-state index in [1.165, 1.54) is 25.6 Å². The molecule has 0 fully saturated rings. The van der Waals surface area contributed by atoms with Crippen LogP contribution in [-0.2, 0) is 11.2 Å². The van der Waals surface area contributed by atoms with Crippen molar-refractivity contribution >= 4 is 5.97 Å². The number of carboxylic acids is 1. The molecule has 0 aliphatic rings. The number of carbonyl (C=O) groups is 1. The Bertz CT molecular complexity index is 595. The normalized spacial score (nSPS) is 10.4. The van der Waals surface area contributed by atoms with E-state index in [0.29, 0.717) is 23.4 Å². The summed E-state index contributed by atoms with van der Waals surface area (Å²) in [5, 5.41) is 8.68. The van der Waals surface area contributed by atoms with Crippen molar-refractivity contribution in [2.45, 2.75) is 12.8 Å². The molecule has 0 saturated carbocycles. The predicted molar refractivity (Wildman–Crippen MR) is 66.5 cm³/mol. The number of aliphatic carboxylic acids is 1. The molecular weight excluding hydrogens is 251 g/mol. The van der Waals surface area contributed by atoms with Gasteiger partial charge in [-0.3, -0.25) is 4.79 Å². The lowest BCUT2D eigenvalue weighted by Gasteiger charge is -2.05. The third-order valence-corrected chi connectivity index (χ3v) is 2.73. The van der Waals surface area contributed by atoms with Crippen molar-refractivity contribution in [3.8, 4) is 17.0 Å². The molecule has 1 heterocycles. The maximum absolute atomic E-state index is 13.6. The van der Waals surface area contributed by atoms with Gasteiger partial charge in [0.1, 0.15) is 0 Å². The number of nitrogens with one attached hydrogen (secondary N) is 1. The van der Waals surface area contributed by atoms with Gasteiger partial charge >= 0.3 is 5.97 Å². The maximum atomic E-state index is 13.6. The molecule has 0 aliphatic carbocycles. The van der Waals surface area contributed by atoms with Crippen LogP contribution in [0.4, 0.5) is 4.39 Å². The molecule has 0 saturated heterocycles. The van der Waals surface area contributed by atoms with E-state index in [4.69, 9.17) is 9.84 Å². The molecule has 0 bridgehead atoms. The number of ether oxygens (including phenoxy) is 1. The quantitative estimate of drug-likeness (QED) is 0.868. The number of benzene rings is 1. The fraction of sp³-hybridized carbons (Fsp3) is 0.231.